The van der Waals surface area contributed by atoms with Crippen LogP contribution in [0.15, 0.2) is 42.5 Å². The van der Waals surface area contributed by atoms with Gasteiger partial charge < -0.3 is 0 Å². The summed E-state index contributed by atoms with van der Waals surface area (Å²) in [5.41, 5.74) is -0.00748. The van der Waals surface area contributed by atoms with Gasteiger partial charge in [-0.1, -0.05) is 24.3 Å². The van der Waals surface area contributed by atoms with Gasteiger partial charge in [-0.25, -0.2) is 4.39 Å². The predicted octanol–water partition coefficient (Wildman–Crippen LogP) is 5.12. The van der Waals surface area contributed by atoms with E-state index in [9.17, 15) is 17.6 Å². The predicted molar refractivity (Wildman–Crippen MR) is 69.6 cm³/mol. The van der Waals surface area contributed by atoms with Crippen LogP contribution in [0.2, 0.25) is 0 Å². The van der Waals surface area contributed by atoms with Gasteiger partial charge in [-0.05, 0) is 46.4 Å². The molecule has 0 N–H and O–H groups in total. The number of hydrogen-bond donors (Lipinski definition) is 0. The Morgan fingerprint density at radius 3 is 2.06 bits per heavy atom. The molecule has 0 atom stereocenters. The first-order valence-electron chi connectivity index (χ1n) is 5.01. The first-order chi connectivity index (χ1) is 8.39. The summed E-state index contributed by atoms with van der Waals surface area (Å²) >= 11 is 1.84. The highest BCUT2D eigenvalue weighted by Gasteiger charge is 2.30. The van der Waals surface area contributed by atoms with E-state index in [4.69, 9.17) is 0 Å². The van der Waals surface area contributed by atoms with Gasteiger partial charge in [0.15, 0.2) is 0 Å². The van der Waals surface area contributed by atoms with Crippen LogP contribution in [0, 0.1) is 9.39 Å². The Kier molecular flexibility index (Phi) is 3.61. The average Bonchev–Trinajstić information content (AvgIpc) is 2.32. The molecule has 0 spiro atoms. The van der Waals surface area contributed by atoms with Crippen molar-refractivity contribution in [2.24, 2.45) is 0 Å². The zero-order valence-corrected chi connectivity index (χ0v) is 11.1. The molecule has 0 aliphatic carbocycles. The van der Waals surface area contributed by atoms with E-state index in [1.165, 1.54) is 12.1 Å². The maximum absolute atomic E-state index is 13.8. The van der Waals surface area contributed by atoms with E-state index in [0.717, 1.165) is 12.1 Å². The Hall–Kier alpha value is -1.11. The van der Waals surface area contributed by atoms with Crippen molar-refractivity contribution in [2.45, 2.75) is 6.18 Å². The van der Waals surface area contributed by atoms with Crippen molar-refractivity contribution < 1.29 is 17.6 Å². The minimum absolute atomic E-state index is 0.302. The van der Waals surface area contributed by atoms with Gasteiger partial charge >= 0.3 is 6.18 Å². The molecule has 18 heavy (non-hydrogen) atoms. The molecule has 0 heterocycles. The first-order valence-corrected chi connectivity index (χ1v) is 6.09. The van der Waals surface area contributed by atoms with Crippen LogP contribution >= 0.6 is 22.6 Å². The highest BCUT2D eigenvalue weighted by molar-refractivity contribution is 14.1. The SMILES string of the molecule is Fc1c(I)cccc1-c1ccc(C(F)(F)F)cc1. The maximum Gasteiger partial charge on any atom is 0.416 e. The summed E-state index contributed by atoms with van der Waals surface area (Å²) in [5.74, 6) is -0.419. The summed E-state index contributed by atoms with van der Waals surface area (Å²) in [7, 11) is 0. The first kappa shape index (κ1) is 13.3. The second-order valence-corrected chi connectivity index (χ2v) is 4.84. The van der Waals surface area contributed by atoms with Crippen molar-refractivity contribution in [3.63, 3.8) is 0 Å². The second kappa shape index (κ2) is 4.87. The number of hydrogen-bond acceptors (Lipinski definition) is 0. The van der Waals surface area contributed by atoms with Crippen LogP contribution in [0.25, 0.3) is 11.1 Å². The lowest BCUT2D eigenvalue weighted by molar-refractivity contribution is -0.137. The lowest BCUT2D eigenvalue weighted by atomic mass is 10.0. The highest BCUT2D eigenvalue weighted by Crippen LogP contribution is 2.32. The molecule has 2 aromatic carbocycles. The number of benzene rings is 2. The van der Waals surface area contributed by atoms with E-state index < -0.39 is 17.6 Å². The van der Waals surface area contributed by atoms with Gasteiger partial charge in [-0.2, -0.15) is 13.2 Å². The van der Waals surface area contributed by atoms with Crippen LogP contribution in [0.1, 0.15) is 5.56 Å². The fourth-order valence-electron chi connectivity index (χ4n) is 1.57. The standard InChI is InChI=1S/C13H7F4I/c14-12-10(2-1-3-11(12)18)8-4-6-9(7-5-8)13(15,16)17/h1-7H. The Balaban J connectivity index is 2.44. The molecule has 94 valence electrons. The molecule has 2 aromatic rings. The summed E-state index contributed by atoms with van der Waals surface area (Å²) in [6.07, 6.45) is -4.37. The van der Waals surface area contributed by atoms with Gasteiger partial charge in [0.1, 0.15) is 5.82 Å². The summed E-state index contributed by atoms with van der Waals surface area (Å²) < 4.78 is 51.4. The van der Waals surface area contributed by atoms with E-state index in [0.29, 0.717) is 14.7 Å². The molecule has 0 amide bonds. The Morgan fingerprint density at radius 2 is 1.50 bits per heavy atom. The van der Waals surface area contributed by atoms with Crippen LogP contribution in [0.3, 0.4) is 0 Å². The van der Waals surface area contributed by atoms with Crippen LogP contribution in [-0.2, 0) is 6.18 Å². The number of alkyl halides is 3. The summed E-state index contributed by atoms with van der Waals surface area (Å²) in [4.78, 5) is 0. The second-order valence-electron chi connectivity index (χ2n) is 3.68. The topological polar surface area (TPSA) is 0 Å². The zero-order valence-electron chi connectivity index (χ0n) is 8.93. The molecule has 0 unspecified atom stereocenters. The molecule has 0 fully saturated rings. The Labute approximate surface area is 115 Å². The van der Waals surface area contributed by atoms with Crippen molar-refractivity contribution in [3.05, 3.63) is 57.4 Å². The molecule has 5 heteroatoms. The fraction of sp³-hybridized carbons (Fsp3) is 0.0769. The molecule has 0 aliphatic heterocycles. The van der Waals surface area contributed by atoms with Crippen LogP contribution in [-0.4, -0.2) is 0 Å². The van der Waals surface area contributed by atoms with Gasteiger partial charge in [0.25, 0.3) is 0 Å². The molecular formula is C13H7F4I. The van der Waals surface area contributed by atoms with E-state index in [1.54, 1.807) is 18.2 Å². The minimum atomic E-state index is -4.37. The monoisotopic (exact) mass is 366 g/mol. The summed E-state index contributed by atoms with van der Waals surface area (Å²) in [6, 6.07) is 9.26. The summed E-state index contributed by atoms with van der Waals surface area (Å²) in [5, 5.41) is 0. The Bertz CT molecular complexity index is 558. The average molecular weight is 366 g/mol. The minimum Gasteiger partial charge on any atom is -0.205 e. The Morgan fingerprint density at radius 1 is 0.889 bits per heavy atom. The molecule has 2 rings (SSSR count). The summed E-state index contributed by atoms with van der Waals surface area (Å²) in [6.45, 7) is 0. The zero-order chi connectivity index (χ0) is 13.3. The highest BCUT2D eigenvalue weighted by atomic mass is 127. The maximum atomic E-state index is 13.8. The number of rotatable bonds is 1. The fourth-order valence-corrected chi connectivity index (χ4v) is 2.06. The van der Waals surface area contributed by atoms with Crippen molar-refractivity contribution in [3.8, 4) is 11.1 Å². The molecular weight excluding hydrogens is 359 g/mol. The molecule has 0 nitrogen and oxygen atoms in total. The van der Waals surface area contributed by atoms with E-state index in [-0.39, 0.29) is 0 Å². The molecule has 0 aliphatic rings. The van der Waals surface area contributed by atoms with Gasteiger partial charge in [0.2, 0.25) is 0 Å². The normalized spacial score (nSPS) is 11.6. The largest absolute Gasteiger partial charge is 0.416 e. The number of halogens is 5. The van der Waals surface area contributed by atoms with Crippen LogP contribution < -0.4 is 0 Å². The van der Waals surface area contributed by atoms with Gasteiger partial charge in [-0.3, -0.25) is 0 Å². The third-order valence-corrected chi connectivity index (χ3v) is 3.31. The third-order valence-electron chi connectivity index (χ3n) is 2.47. The lowest BCUT2D eigenvalue weighted by Gasteiger charge is -2.08. The molecule has 0 saturated heterocycles. The smallest absolute Gasteiger partial charge is 0.205 e. The quantitative estimate of drug-likeness (QED) is 0.486. The molecule has 0 saturated carbocycles. The third kappa shape index (κ3) is 2.66. The van der Waals surface area contributed by atoms with Crippen molar-refractivity contribution in [1.82, 2.24) is 0 Å². The van der Waals surface area contributed by atoms with Crippen LogP contribution in [0.5, 0.6) is 0 Å². The van der Waals surface area contributed by atoms with Gasteiger partial charge in [0, 0.05) is 9.13 Å². The van der Waals surface area contributed by atoms with Crippen molar-refractivity contribution in [1.29, 1.82) is 0 Å². The van der Waals surface area contributed by atoms with Gasteiger partial charge in [-0.15, -0.1) is 0 Å². The molecule has 0 radical (unpaired) electrons. The molecule has 0 aromatic heterocycles. The van der Waals surface area contributed by atoms with Crippen molar-refractivity contribution >= 4 is 22.6 Å². The van der Waals surface area contributed by atoms with Crippen molar-refractivity contribution in [2.75, 3.05) is 0 Å². The van der Waals surface area contributed by atoms with E-state index >= 15 is 0 Å². The van der Waals surface area contributed by atoms with Gasteiger partial charge in [0.05, 0.1) is 5.56 Å². The van der Waals surface area contributed by atoms with E-state index in [2.05, 4.69) is 0 Å². The lowest BCUT2D eigenvalue weighted by Crippen LogP contribution is -2.04. The van der Waals surface area contributed by atoms with E-state index in [1.807, 2.05) is 22.6 Å². The molecule has 0 bridgehead atoms. The van der Waals surface area contributed by atoms with Crippen LogP contribution in [0.4, 0.5) is 17.6 Å².